The smallest absolute Gasteiger partial charge is 0.128 e. The lowest BCUT2D eigenvalue weighted by Crippen LogP contribution is -1.96. The van der Waals surface area contributed by atoms with Crippen LogP contribution < -0.4 is 10.1 Å². The lowest BCUT2D eigenvalue weighted by Gasteiger charge is -2.14. The second-order valence-corrected chi connectivity index (χ2v) is 6.26. The van der Waals surface area contributed by atoms with Gasteiger partial charge in [0.1, 0.15) is 5.75 Å². The molecule has 0 aliphatic carbocycles. The number of rotatable bonds is 4. The number of aryl methyl sites for hydroxylation is 1. The van der Waals surface area contributed by atoms with E-state index in [-0.39, 0.29) is 0 Å². The molecule has 4 rings (SSSR count). The molecule has 0 aliphatic heterocycles. The van der Waals surface area contributed by atoms with Crippen molar-refractivity contribution in [3.8, 4) is 17.0 Å². The first-order chi connectivity index (χ1) is 12.7. The van der Waals surface area contributed by atoms with Gasteiger partial charge in [-0.25, -0.2) is 4.98 Å². The molecule has 0 saturated carbocycles. The van der Waals surface area contributed by atoms with Crippen molar-refractivity contribution >= 4 is 22.3 Å². The Hall–Kier alpha value is -3.33. The molecule has 3 aromatic carbocycles. The summed E-state index contributed by atoms with van der Waals surface area (Å²) in [5, 5.41) is 4.63. The highest BCUT2D eigenvalue weighted by Crippen LogP contribution is 2.34. The Labute approximate surface area is 153 Å². The molecule has 0 atom stereocenters. The van der Waals surface area contributed by atoms with E-state index in [1.54, 1.807) is 7.11 Å². The summed E-state index contributed by atoms with van der Waals surface area (Å²) < 4.78 is 5.52. The average Bonchev–Trinajstić information content (AvgIpc) is 2.69. The van der Waals surface area contributed by atoms with Crippen molar-refractivity contribution in [3.63, 3.8) is 0 Å². The molecule has 1 heterocycles. The summed E-state index contributed by atoms with van der Waals surface area (Å²) in [6.45, 7) is 2.09. The third kappa shape index (κ3) is 3.11. The standard InChI is InChI=1S/C23H20N2O/c1-16-11-13-17(14-12-16)24-21-15-22(19-8-4-6-10-23(19)26-2)25-20-9-5-3-7-18(20)21/h3-15H,1-2H3,(H,24,25). The van der Waals surface area contributed by atoms with E-state index in [4.69, 9.17) is 9.72 Å². The van der Waals surface area contributed by atoms with E-state index >= 15 is 0 Å². The fraction of sp³-hybridized carbons (Fsp3) is 0.0870. The maximum absolute atomic E-state index is 5.52. The predicted molar refractivity (Wildman–Crippen MR) is 108 cm³/mol. The molecule has 4 aromatic rings. The van der Waals surface area contributed by atoms with Crippen LogP contribution in [-0.4, -0.2) is 12.1 Å². The van der Waals surface area contributed by atoms with Crippen LogP contribution in [0.3, 0.4) is 0 Å². The summed E-state index contributed by atoms with van der Waals surface area (Å²) in [5.74, 6) is 0.816. The molecular weight excluding hydrogens is 320 g/mol. The first kappa shape index (κ1) is 16.2. The first-order valence-electron chi connectivity index (χ1n) is 8.61. The van der Waals surface area contributed by atoms with Crippen LogP contribution in [0.2, 0.25) is 0 Å². The van der Waals surface area contributed by atoms with Crippen LogP contribution >= 0.6 is 0 Å². The van der Waals surface area contributed by atoms with Crippen molar-refractivity contribution < 1.29 is 4.74 Å². The molecule has 0 amide bonds. The summed E-state index contributed by atoms with van der Waals surface area (Å²) in [7, 11) is 1.69. The van der Waals surface area contributed by atoms with Gasteiger partial charge in [0.2, 0.25) is 0 Å². The second-order valence-electron chi connectivity index (χ2n) is 6.26. The Kier molecular flexibility index (Phi) is 4.28. The highest BCUT2D eigenvalue weighted by atomic mass is 16.5. The van der Waals surface area contributed by atoms with E-state index in [2.05, 4.69) is 48.6 Å². The number of para-hydroxylation sites is 2. The van der Waals surface area contributed by atoms with E-state index < -0.39 is 0 Å². The van der Waals surface area contributed by atoms with E-state index in [1.807, 2.05) is 42.5 Å². The van der Waals surface area contributed by atoms with Crippen LogP contribution in [0.4, 0.5) is 11.4 Å². The van der Waals surface area contributed by atoms with Gasteiger partial charge in [-0.3, -0.25) is 0 Å². The van der Waals surface area contributed by atoms with Crippen LogP contribution in [0.5, 0.6) is 5.75 Å². The Morgan fingerprint density at radius 3 is 2.38 bits per heavy atom. The molecule has 0 radical (unpaired) electrons. The number of fused-ring (bicyclic) bond motifs is 1. The molecule has 0 aliphatic rings. The molecule has 128 valence electrons. The number of anilines is 2. The number of nitrogens with one attached hydrogen (secondary N) is 1. The van der Waals surface area contributed by atoms with Crippen molar-refractivity contribution in [2.75, 3.05) is 12.4 Å². The zero-order valence-electron chi connectivity index (χ0n) is 14.9. The quantitative estimate of drug-likeness (QED) is 0.497. The zero-order valence-corrected chi connectivity index (χ0v) is 14.9. The number of methoxy groups -OCH3 is 1. The number of pyridine rings is 1. The summed E-state index contributed by atoms with van der Waals surface area (Å²) >= 11 is 0. The van der Waals surface area contributed by atoms with Gasteiger partial charge in [0.05, 0.1) is 24.0 Å². The summed E-state index contributed by atoms with van der Waals surface area (Å²) in [6, 6.07) is 26.6. The number of ether oxygens (including phenoxy) is 1. The minimum Gasteiger partial charge on any atom is -0.496 e. The Morgan fingerprint density at radius 2 is 1.58 bits per heavy atom. The van der Waals surface area contributed by atoms with Gasteiger partial charge in [-0.2, -0.15) is 0 Å². The number of nitrogens with zero attached hydrogens (tertiary/aromatic N) is 1. The third-order valence-corrected chi connectivity index (χ3v) is 4.43. The van der Waals surface area contributed by atoms with Crippen LogP contribution in [-0.2, 0) is 0 Å². The first-order valence-corrected chi connectivity index (χ1v) is 8.61. The van der Waals surface area contributed by atoms with E-state index in [0.717, 1.165) is 39.3 Å². The van der Waals surface area contributed by atoms with E-state index in [1.165, 1.54) is 5.56 Å². The van der Waals surface area contributed by atoms with Crippen molar-refractivity contribution in [1.29, 1.82) is 0 Å². The minimum absolute atomic E-state index is 0.816. The summed E-state index contributed by atoms with van der Waals surface area (Å²) in [4.78, 5) is 4.85. The maximum Gasteiger partial charge on any atom is 0.128 e. The van der Waals surface area contributed by atoms with Crippen LogP contribution in [0.1, 0.15) is 5.56 Å². The summed E-state index contributed by atoms with van der Waals surface area (Å²) in [5.41, 5.74) is 6.14. The van der Waals surface area contributed by atoms with Crippen LogP contribution in [0, 0.1) is 6.92 Å². The molecule has 3 nitrogen and oxygen atoms in total. The lowest BCUT2D eigenvalue weighted by molar-refractivity contribution is 0.416. The Bertz CT molecular complexity index is 1060. The topological polar surface area (TPSA) is 34.1 Å². The van der Waals surface area contributed by atoms with Gasteiger partial charge in [0, 0.05) is 16.6 Å². The maximum atomic E-state index is 5.52. The molecule has 3 heteroatoms. The SMILES string of the molecule is COc1ccccc1-c1cc(Nc2ccc(C)cc2)c2ccccc2n1. The fourth-order valence-electron chi connectivity index (χ4n) is 3.07. The summed E-state index contributed by atoms with van der Waals surface area (Å²) in [6.07, 6.45) is 0. The molecule has 0 unspecified atom stereocenters. The van der Waals surface area contributed by atoms with Crippen LogP contribution in [0.15, 0.2) is 78.9 Å². The van der Waals surface area contributed by atoms with Gasteiger partial charge in [-0.15, -0.1) is 0 Å². The van der Waals surface area contributed by atoms with Gasteiger partial charge in [0.25, 0.3) is 0 Å². The van der Waals surface area contributed by atoms with Gasteiger partial charge >= 0.3 is 0 Å². The lowest BCUT2D eigenvalue weighted by atomic mass is 10.1. The molecule has 26 heavy (non-hydrogen) atoms. The Balaban J connectivity index is 1.87. The van der Waals surface area contributed by atoms with Crippen molar-refractivity contribution in [3.05, 3.63) is 84.4 Å². The van der Waals surface area contributed by atoms with Gasteiger partial charge in [0.15, 0.2) is 0 Å². The predicted octanol–water partition coefficient (Wildman–Crippen LogP) is 5.96. The van der Waals surface area contributed by atoms with Crippen LogP contribution in [0.25, 0.3) is 22.2 Å². The highest BCUT2D eigenvalue weighted by molar-refractivity contribution is 5.95. The fourth-order valence-corrected chi connectivity index (χ4v) is 3.07. The molecule has 0 spiro atoms. The van der Waals surface area contributed by atoms with E-state index in [0.29, 0.717) is 0 Å². The number of aromatic nitrogens is 1. The molecule has 1 aromatic heterocycles. The number of benzene rings is 3. The normalized spacial score (nSPS) is 10.7. The molecule has 1 N–H and O–H groups in total. The van der Waals surface area contributed by atoms with Crippen molar-refractivity contribution in [2.45, 2.75) is 6.92 Å². The highest BCUT2D eigenvalue weighted by Gasteiger charge is 2.11. The minimum atomic E-state index is 0.816. The molecule has 0 fully saturated rings. The van der Waals surface area contributed by atoms with Gasteiger partial charge in [-0.05, 0) is 43.3 Å². The van der Waals surface area contributed by atoms with Crippen molar-refractivity contribution in [1.82, 2.24) is 4.98 Å². The van der Waals surface area contributed by atoms with E-state index in [9.17, 15) is 0 Å². The zero-order chi connectivity index (χ0) is 17.9. The number of hydrogen-bond acceptors (Lipinski definition) is 3. The van der Waals surface area contributed by atoms with Crippen molar-refractivity contribution in [2.24, 2.45) is 0 Å². The number of hydrogen-bond donors (Lipinski definition) is 1. The monoisotopic (exact) mass is 340 g/mol. The molecule has 0 saturated heterocycles. The molecule has 0 bridgehead atoms. The second kappa shape index (κ2) is 6.89. The molecular formula is C23H20N2O. The Morgan fingerprint density at radius 1 is 0.846 bits per heavy atom. The van der Waals surface area contributed by atoms with Gasteiger partial charge < -0.3 is 10.1 Å². The van der Waals surface area contributed by atoms with Gasteiger partial charge in [-0.1, -0.05) is 48.0 Å². The average molecular weight is 340 g/mol. The largest absolute Gasteiger partial charge is 0.496 e. The third-order valence-electron chi connectivity index (χ3n) is 4.43.